The van der Waals surface area contributed by atoms with E-state index in [4.69, 9.17) is 4.98 Å². The zero-order valence-corrected chi connectivity index (χ0v) is 13.2. The predicted octanol–water partition coefficient (Wildman–Crippen LogP) is 3.55. The molecule has 2 aromatic rings. The van der Waals surface area contributed by atoms with Crippen LogP contribution in [0.2, 0.25) is 0 Å². The van der Waals surface area contributed by atoms with Crippen LogP contribution in [0.4, 0.5) is 0 Å². The Morgan fingerprint density at radius 1 is 1.33 bits per heavy atom. The molecular formula is C17H22N2OS. The third kappa shape index (κ3) is 3.51. The molecule has 1 fully saturated rings. The lowest BCUT2D eigenvalue weighted by atomic mass is 9.98. The average Bonchev–Trinajstić information content (AvgIpc) is 2.97. The van der Waals surface area contributed by atoms with Gasteiger partial charge in [-0.15, -0.1) is 11.3 Å². The summed E-state index contributed by atoms with van der Waals surface area (Å²) in [6, 6.07) is 10.6. The Bertz CT molecular complexity index is 567. The largest absolute Gasteiger partial charge is 0.392 e. The fourth-order valence-electron chi connectivity index (χ4n) is 3.06. The smallest absolute Gasteiger partial charge is 0.107 e. The van der Waals surface area contributed by atoms with Gasteiger partial charge in [-0.25, -0.2) is 4.98 Å². The van der Waals surface area contributed by atoms with Crippen molar-refractivity contribution in [3.8, 4) is 11.3 Å². The summed E-state index contributed by atoms with van der Waals surface area (Å²) in [6.07, 6.45) is 3.27. The van der Waals surface area contributed by atoms with Crippen LogP contribution < -0.4 is 0 Å². The number of aromatic nitrogens is 1. The minimum absolute atomic E-state index is 0.265. The van der Waals surface area contributed by atoms with Crippen LogP contribution in [0.5, 0.6) is 0 Å². The monoisotopic (exact) mass is 302 g/mol. The van der Waals surface area contributed by atoms with Crippen LogP contribution in [0.25, 0.3) is 11.3 Å². The molecule has 2 heterocycles. The minimum Gasteiger partial charge on any atom is -0.392 e. The lowest BCUT2D eigenvalue weighted by molar-refractivity contribution is 0.0316. The second-order valence-corrected chi connectivity index (χ2v) is 6.71. The molecule has 1 aromatic heterocycles. The molecule has 1 saturated heterocycles. The molecule has 1 N–H and O–H groups in total. The van der Waals surface area contributed by atoms with E-state index in [9.17, 15) is 5.11 Å². The molecule has 2 atom stereocenters. The van der Waals surface area contributed by atoms with Gasteiger partial charge >= 0.3 is 0 Å². The Balaban J connectivity index is 1.72. The number of nitrogens with zero attached hydrogens (tertiary/aromatic N) is 2. The van der Waals surface area contributed by atoms with Gasteiger partial charge in [0.2, 0.25) is 0 Å². The molecule has 1 aliphatic heterocycles. The SMILES string of the molecule is CC(O)C1CCCCN1Cc1nc(-c2ccccc2)cs1. The highest BCUT2D eigenvalue weighted by Crippen LogP contribution is 2.26. The van der Waals surface area contributed by atoms with Gasteiger partial charge in [0.15, 0.2) is 0 Å². The van der Waals surface area contributed by atoms with Gasteiger partial charge in [0.1, 0.15) is 5.01 Å². The number of aliphatic hydroxyl groups is 1. The summed E-state index contributed by atoms with van der Waals surface area (Å²) < 4.78 is 0. The molecule has 0 saturated carbocycles. The summed E-state index contributed by atoms with van der Waals surface area (Å²) >= 11 is 1.72. The number of piperidine rings is 1. The van der Waals surface area contributed by atoms with Gasteiger partial charge in [-0.05, 0) is 26.3 Å². The van der Waals surface area contributed by atoms with Crippen molar-refractivity contribution in [1.29, 1.82) is 0 Å². The van der Waals surface area contributed by atoms with Crippen LogP contribution in [0.15, 0.2) is 35.7 Å². The molecular weight excluding hydrogens is 280 g/mol. The fourth-order valence-corrected chi connectivity index (χ4v) is 3.89. The highest BCUT2D eigenvalue weighted by Gasteiger charge is 2.26. The third-order valence-corrected chi connectivity index (χ3v) is 5.01. The normalized spacial score (nSPS) is 21.3. The summed E-state index contributed by atoms with van der Waals surface area (Å²) in [5.41, 5.74) is 2.23. The summed E-state index contributed by atoms with van der Waals surface area (Å²) in [4.78, 5) is 7.15. The molecule has 0 radical (unpaired) electrons. The highest BCUT2D eigenvalue weighted by molar-refractivity contribution is 7.09. The Kier molecular flexibility index (Phi) is 4.68. The van der Waals surface area contributed by atoms with E-state index in [0.717, 1.165) is 30.2 Å². The molecule has 3 rings (SSSR count). The van der Waals surface area contributed by atoms with Crippen molar-refractivity contribution in [1.82, 2.24) is 9.88 Å². The van der Waals surface area contributed by atoms with Crippen LogP contribution in [0.3, 0.4) is 0 Å². The number of aliphatic hydroxyl groups excluding tert-OH is 1. The van der Waals surface area contributed by atoms with Gasteiger partial charge in [0.05, 0.1) is 18.3 Å². The molecule has 3 nitrogen and oxygen atoms in total. The molecule has 21 heavy (non-hydrogen) atoms. The molecule has 0 aliphatic carbocycles. The molecule has 1 aliphatic rings. The van der Waals surface area contributed by atoms with Crippen LogP contribution in [0, 0.1) is 0 Å². The van der Waals surface area contributed by atoms with E-state index in [2.05, 4.69) is 22.4 Å². The first-order valence-corrected chi connectivity index (χ1v) is 8.54. The van der Waals surface area contributed by atoms with Crippen LogP contribution in [-0.2, 0) is 6.54 Å². The van der Waals surface area contributed by atoms with Crippen molar-refractivity contribution < 1.29 is 5.11 Å². The molecule has 2 unspecified atom stereocenters. The van der Waals surface area contributed by atoms with Crippen molar-refractivity contribution in [3.05, 3.63) is 40.7 Å². The van der Waals surface area contributed by atoms with Crippen LogP contribution >= 0.6 is 11.3 Å². The van der Waals surface area contributed by atoms with E-state index in [1.54, 1.807) is 11.3 Å². The Hall–Kier alpha value is -1.23. The maximum Gasteiger partial charge on any atom is 0.107 e. The Morgan fingerprint density at radius 2 is 2.14 bits per heavy atom. The standard InChI is InChI=1S/C17H22N2OS/c1-13(20)16-9-5-6-10-19(16)11-17-18-15(12-21-17)14-7-3-2-4-8-14/h2-4,7-8,12-13,16,20H,5-6,9-11H2,1H3. The maximum absolute atomic E-state index is 9.95. The number of rotatable bonds is 4. The van der Waals surface area contributed by atoms with E-state index in [1.165, 1.54) is 18.4 Å². The van der Waals surface area contributed by atoms with Gasteiger partial charge in [0, 0.05) is 17.0 Å². The quantitative estimate of drug-likeness (QED) is 0.938. The summed E-state index contributed by atoms with van der Waals surface area (Å²) in [7, 11) is 0. The number of hydrogen-bond donors (Lipinski definition) is 1. The van der Waals surface area contributed by atoms with E-state index >= 15 is 0 Å². The van der Waals surface area contributed by atoms with Crippen LogP contribution in [-0.4, -0.2) is 33.7 Å². The molecule has 4 heteroatoms. The van der Waals surface area contributed by atoms with Crippen molar-refractivity contribution in [3.63, 3.8) is 0 Å². The van der Waals surface area contributed by atoms with E-state index in [-0.39, 0.29) is 12.1 Å². The van der Waals surface area contributed by atoms with Crippen molar-refractivity contribution in [2.24, 2.45) is 0 Å². The van der Waals surface area contributed by atoms with Crippen molar-refractivity contribution in [2.75, 3.05) is 6.54 Å². The second-order valence-electron chi connectivity index (χ2n) is 5.77. The number of benzene rings is 1. The summed E-state index contributed by atoms with van der Waals surface area (Å²) in [6.45, 7) is 3.82. The maximum atomic E-state index is 9.95. The van der Waals surface area contributed by atoms with Crippen molar-refractivity contribution in [2.45, 2.75) is 44.9 Å². The van der Waals surface area contributed by atoms with Crippen LogP contribution in [0.1, 0.15) is 31.2 Å². The summed E-state index contributed by atoms with van der Waals surface area (Å²) in [5, 5.41) is 13.2. The van der Waals surface area contributed by atoms with Gasteiger partial charge in [-0.1, -0.05) is 36.8 Å². The van der Waals surface area contributed by atoms with Gasteiger partial charge in [-0.3, -0.25) is 4.90 Å². The third-order valence-electron chi connectivity index (χ3n) is 4.18. The first-order chi connectivity index (χ1) is 10.2. The van der Waals surface area contributed by atoms with Gasteiger partial charge < -0.3 is 5.11 Å². The first kappa shape index (κ1) is 14.7. The molecule has 1 aromatic carbocycles. The second kappa shape index (κ2) is 6.69. The summed E-state index contributed by atoms with van der Waals surface area (Å²) in [5.74, 6) is 0. The Labute approximate surface area is 130 Å². The molecule has 0 amide bonds. The molecule has 0 spiro atoms. The Morgan fingerprint density at radius 3 is 2.90 bits per heavy atom. The fraction of sp³-hybridized carbons (Fsp3) is 0.471. The van der Waals surface area contributed by atoms with E-state index < -0.39 is 0 Å². The van der Waals surface area contributed by atoms with Gasteiger partial charge in [-0.2, -0.15) is 0 Å². The predicted molar refractivity (Wildman–Crippen MR) is 87.3 cm³/mol. The highest BCUT2D eigenvalue weighted by atomic mass is 32.1. The first-order valence-electron chi connectivity index (χ1n) is 7.66. The van der Waals surface area contributed by atoms with E-state index in [1.807, 2.05) is 25.1 Å². The molecule has 0 bridgehead atoms. The van der Waals surface area contributed by atoms with Gasteiger partial charge in [0.25, 0.3) is 0 Å². The zero-order valence-electron chi connectivity index (χ0n) is 12.4. The van der Waals surface area contributed by atoms with E-state index in [0.29, 0.717) is 0 Å². The minimum atomic E-state index is -0.265. The van der Waals surface area contributed by atoms with Crippen molar-refractivity contribution >= 4 is 11.3 Å². The number of likely N-dealkylation sites (tertiary alicyclic amines) is 1. The topological polar surface area (TPSA) is 36.4 Å². The number of hydrogen-bond acceptors (Lipinski definition) is 4. The molecule has 112 valence electrons. The average molecular weight is 302 g/mol. The lowest BCUT2D eigenvalue weighted by Gasteiger charge is -2.36. The number of thiazole rings is 1. The zero-order chi connectivity index (χ0) is 14.7. The lowest BCUT2D eigenvalue weighted by Crippen LogP contribution is -2.45.